The highest BCUT2D eigenvalue weighted by molar-refractivity contribution is 5.80. The molecule has 0 spiro atoms. The number of aromatic nitrogens is 3. The number of hydrogen-bond donors (Lipinski definition) is 2. The van der Waals surface area contributed by atoms with Crippen LogP contribution in [0, 0.1) is 5.92 Å². The average Bonchev–Trinajstić information content (AvgIpc) is 3.43. The minimum absolute atomic E-state index is 0.273. The molecule has 2 unspecified atom stereocenters. The van der Waals surface area contributed by atoms with Crippen molar-refractivity contribution in [2.24, 2.45) is 10.9 Å². The molecule has 2 aromatic heterocycles. The first-order chi connectivity index (χ1) is 15.2. The molecule has 8 nitrogen and oxygen atoms in total. The minimum Gasteiger partial charge on any atom is -0.469 e. The Balaban J connectivity index is 1.59. The molecule has 0 saturated carbocycles. The third kappa shape index (κ3) is 7.38. The van der Waals surface area contributed by atoms with E-state index in [-0.39, 0.29) is 6.04 Å². The van der Waals surface area contributed by atoms with Gasteiger partial charge in [0.05, 0.1) is 12.8 Å². The van der Waals surface area contributed by atoms with Gasteiger partial charge in [-0.1, -0.05) is 33.1 Å². The van der Waals surface area contributed by atoms with Crippen molar-refractivity contribution in [1.82, 2.24) is 25.4 Å². The van der Waals surface area contributed by atoms with Crippen LogP contribution in [0.4, 0.5) is 0 Å². The van der Waals surface area contributed by atoms with E-state index in [1.165, 1.54) is 19.3 Å². The van der Waals surface area contributed by atoms with Gasteiger partial charge in [0, 0.05) is 39.1 Å². The molecule has 2 aromatic rings. The first-order valence-corrected chi connectivity index (χ1v) is 11.7. The molecule has 1 aliphatic heterocycles. The van der Waals surface area contributed by atoms with E-state index in [0.29, 0.717) is 12.5 Å². The molecule has 3 rings (SSSR count). The molecule has 31 heavy (non-hydrogen) atoms. The summed E-state index contributed by atoms with van der Waals surface area (Å²) in [6, 6.07) is 4.21. The summed E-state index contributed by atoms with van der Waals surface area (Å²) in [6.07, 6.45) is 9.38. The predicted octanol–water partition coefficient (Wildman–Crippen LogP) is 3.33. The maximum atomic E-state index is 5.46. The molecule has 0 aromatic carbocycles. The first kappa shape index (κ1) is 23.3. The van der Waals surface area contributed by atoms with Crippen LogP contribution in [-0.4, -0.2) is 47.0 Å². The second-order valence-corrected chi connectivity index (χ2v) is 8.30. The number of nitrogens with zero attached hydrogens (tertiary/aromatic N) is 4. The quantitative estimate of drug-likeness (QED) is 0.397. The summed E-state index contributed by atoms with van der Waals surface area (Å²) < 4.78 is 12.6. The van der Waals surface area contributed by atoms with Crippen molar-refractivity contribution in [1.29, 1.82) is 0 Å². The van der Waals surface area contributed by atoms with Crippen LogP contribution < -0.4 is 10.6 Å². The fourth-order valence-electron chi connectivity index (χ4n) is 3.91. The summed E-state index contributed by atoms with van der Waals surface area (Å²) in [5.74, 6) is 4.29. The van der Waals surface area contributed by atoms with Crippen LogP contribution >= 0.6 is 0 Å². The lowest BCUT2D eigenvalue weighted by molar-refractivity contribution is 0.177. The molecule has 2 atom stereocenters. The van der Waals surface area contributed by atoms with E-state index in [2.05, 4.69) is 34.6 Å². The fourth-order valence-corrected chi connectivity index (χ4v) is 3.91. The van der Waals surface area contributed by atoms with Crippen LogP contribution in [-0.2, 0) is 30.7 Å². The Labute approximate surface area is 185 Å². The fraction of sp³-hybridized carbons (Fsp3) is 0.696. The summed E-state index contributed by atoms with van der Waals surface area (Å²) in [6.45, 7) is 7.39. The van der Waals surface area contributed by atoms with Gasteiger partial charge in [-0.3, -0.25) is 4.99 Å². The highest BCUT2D eigenvalue weighted by atomic mass is 16.5. The van der Waals surface area contributed by atoms with Gasteiger partial charge in [-0.25, -0.2) is 9.67 Å². The Hall–Kier alpha value is -2.35. The van der Waals surface area contributed by atoms with Gasteiger partial charge in [-0.2, -0.15) is 5.10 Å². The lowest BCUT2D eigenvalue weighted by Crippen LogP contribution is -2.47. The largest absolute Gasteiger partial charge is 0.469 e. The van der Waals surface area contributed by atoms with E-state index in [1.54, 1.807) is 13.4 Å². The van der Waals surface area contributed by atoms with Gasteiger partial charge in [-0.15, -0.1) is 0 Å². The van der Waals surface area contributed by atoms with Crippen LogP contribution in [0.15, 0.2) is 27.8 Å². The van der Waals surface area contributed by atoms with E-state index in [1.807, 2.05) is 16.8 Å². The van der Waals surface area contributed by atoms with Gasteiger partial charge in [0.25, 0.3) is 0 Å². The lowest BCUT2D eigenvalue weighted by atomic mass is 10.00. The standard InChI is InChI=1S/C23H38N6O2/c1-4-6-8-18(5-2)15-25-23(24-13-12-20-9-7-14-31-20)26-19-10-11-22-27-21(17-30-3)28-29(22)16-19/h7,9,14,18-19H,4-6,8,10-13,15-17H2,1-3H3,(H2,24,25,26). The van der Waals surface area contributed by atoms with Gasteiger partial charge in [0.15, 0.2) is 11.8 Å². The van der Waals surface area contributed by atoms with Gasteiger partial charge in [0.2, 0.25) is 0 Å². The van der Waals surface area contributed by atoms with Gasteiger partial charge < -0.3 is 19.8 Å². The normalized spacial score (nSPS) is 17.4. The van der Waals surface area contributed by atoms with E-state index < -0.39 is 0 Å². The first-order valence-electron chi connectivity index (χ1n) is 11.7. The number of nitrogens with one attached hydrogen (secondary N) is 2. The van der Waals surface area contributed by atoms with Crippen LogP contribution in [0.3, 0.4) is 0 Å². The number of rotatable bonds is 12. The number of hydrogen-bond acceptors (Lipinski definition) is 5. The second kappa shape index (κ2) is 12.5. The predicted molar refractivity (Wildman–Crippen MR) is 122 cm³/mol. The lowest BCUT2D eigenvalue weighted by Gasteiger charge is -2.26. The number of methoxy groups -OCH3 is 1. The summed E-state index contributed by atoms with van der Waals surface area (Å²) in [4.78, 5) is 9.52. The van der Waals surface area contributed by atoms with Gasteiger partial charge in [0.1, 0.15) is 18.2 Å². The zero-order chi connectivity index (χ0) is 21.9. The van der Waals surface area contributed by atoms with Crippen LogP contribution in [0.25, 0.3) is 0 Å². The molecular formula is C23H38N6O2. The molecule has 0 amide bonds. The molecule has 0 saturated heterocycles. The average molecular weight is 431 g/mol. The van der Waals surface area contributed by atoms with Crippen molar-refractivity contribution in [3.8, 4) is 0 Å². The Bertz CT molecular complexity index is 786. The van der Waals surface area contributed by atoms with Crippen molar-refractivity contribution >= 4 is 5.96 Å². The summed E-state index contributed by atoms with van der Waals surface area (Å²) >= 11 is 0. The number of furan rings is 1. The van der Waals surface area contributed by atoms with Crippen LogP contribution in [0.1, 0.15) is 63.4 Å². The maximum absolute atomic E-state index is 5.46. The molecule has 0 fully saturated rings. The maximum Gasteiger partial charge on any atom is 0.191 e. The second-order valence-electron chi connectivity index (χ2n) is 8.30. The van der Waals surface area contributed by atoms with E-state index in [9.17, 15) is 0 Å². The van der Waals surface area contributed by atoms with E-state index in [4.69, 9.17) is 14.1 Å². The van der Waals surface area contributed by atoms with Crippen LogP contribution in [0.2, 0.25) is 0 Å². The molecule has 0 bridgehead atoms. The number of ether oxygens (including phenoxy) is 1. The van der Waals surface area contributed by atoms with Crippen molar-refractivity contribution in [3.63, 3.8) is 0 Å². The molecule has 3 heterocycles. The number of aliphatic imine (C=N–C) groups is 1. The van der Waals surface area contributed by atoms with Crippen molar-refractivity contribution in [2.75, 3.05) is 20.2 Å². The molecular weight excluding hydrogens is 392 g/mol. The van der Waals surface area contributed by atoms with E-state index >= 15 is 0 Å². The highest BCUT2D eigenvalue weighted by Gasteiger charge is 2.22. The third-order valence-electron chi connectivity index (χ3n) is 5.81. The number of unbranched alkanes of at least 4 members (excludes halogenated alkanes) is 1. The molecule has 1 aliphatic rings. The minimum atomic E-state index is 0.273. The topological polar surface area (TPSA) is 89.5 Å². The van der Waals surface area contributed by atoms with E-state index in [0.717, 1.165) is 68.7 Å². The summed E-state index contributed by atoms with van der Waals surface area (Å²) in [7, 11) is 1.67. The van der Waals surface area contributed by atoms with Crippen LogP contribution in [0.5, 0.6) is 0 Å². The molecule has 8 heteroatoms. The highest BCUT2D eigenvalue weighted by Crippen LogP contribution is 2.15. The number of guanidine groups is 1. The zero-order valence-electron chi connectivity index (χ0n) is 19.3. The monoisotopic (exact) mass is 430 g/mol. The Morgan fingerprint density at radius 1 is 1.42 bits per heavy atom. The van der Waals surface area contributed by atoms with Crippen molar-refractivity contribution in [3.05, 3.63) is 35.8 Å². The molecule has 0 radical (unpaired) electrons. The summed E-state index contributed by atoms with van der Waals surface area (Å²) in [5.41, 5.74) is 0. The molecule has 0 aliphatic carbocycles. The SMILES string of the molecule is CCCCC(CC)CN=C(NCCc1ccco1)NC1CCc2nc(COC)nn2C1. The number of fused-ring (bicyclic) bond motifs is 1. The van der Waals surface area contributed by atoms with Gasteiger partial charge in [-0.05, 0) is 30.9 Å². The molecule has 172 valence electrons. The van der Waals surface area contributed by atoms with Crippen molar-refractivity contribution in [2.45, 2.75) is 78.0 Å². The summed E-state index contributed by atoms with van der Waals surface area (Å²) in [5, 5.41) is 11.7. The number of aryl methyl sites for hydroxylation is 1. The third-order valence-corrected chi connectivity index (χ3v) is 5.81. The Morgan fingerprint density at radius 2 is 2.32 bits per heavy atom. The van der Waals surface area contributed by atoms with Gasteiger partial charge >= 0.3 is 0 Å². The zero-order valence-corrected chi connectivity index (χ0v) is 19.3. The Morgan fingerprint density at radius 3 is 3.06 bits per heavy atom. The van der Waals surface area contributed by atoms with Crippen molar-refractivity contribution < 1.29 is 9.15 Å². The molecule has 2 N–H and O–H groups in total. The Kier molecular flexibility index (Phi) is 9.39. The smallest absolute Gasteiger partial charge is 0.191 e.